The zero-order chi connectivity index (χ0) is 17.5. The molecule has 0 radical (unpaired) electrons. The van der Waals surface area contributed by atoms with Crippen LogP contribution in [0.4, 0.5) is 10.1 Å². The van der Waals surface area contributed by atoms with Crippen molar-refractivity contribution in [3.63, 3.8) is 0 Å². The normalized spacial score (nSPS) is 10.4. The number of nitro groups is 1. The smallest absolute Gasteiger partial charge is 0.273 e. The Bertz CT molecular complexity index is 737. The zero-order valence-corrected chi connectivity index (χ0v) is 13.4. The van der Waals surface area contributed by atoms with Crippen molar-refractivity contribution in [1.29, 1.82) is 0 Å². The van der Waals surface area contributed by atoms with Gasteiger partial charge in [-0.2, -0.15) is 0 Å². The maximum atomic E-state index is 12.8. The fraction of sp³-hybridized carbons (Fsp3) is 0.188. The molecule has 0 heterocycles. The van der Waals surface area contributed by atoms with E-state index < -0.39 is 10.8 Å². The van der Waals surface area contributed by atoms with Crippen LogP contribution in [0.5, 0.6) is 5.75 Å². The Morgan fingerprint density at radius 2 is 1.96 bits per heavy atom. The van der Waals surface area contributed by atoms with E-state index in [0.29, 0.717) is 13.0 Å². The van der Waals surface area contributed by atoms with Gasteiger partial charge in [0.15, 0.2) is 0 Å². The van der Waals surface area contributed by atoms with Gasteiger partial charge in [0.1, 0.15) is 11.6 Å². The lowest BCUT2D eigenvalue weighted by molar-refractivity contribution is -0.385. The van der Waals surface area contributed by atoms with Crippen LogP contribution in [0.1, 0.15) is 16.8 Å². The third-order valence-corrected chi connectivity index (χ3v) is 4.16. The second-order valence-corrected chi connectivity index (χ2v) is 6.08. The summed E-state index contributed by atoms with van der Waals surface area (Å²) in [6.07, 6.45) is 0.675. The predicted molar refractivity (Wildman–Crippen MR) is 88.8 cm³/mol. The number of carbonyl (C=O) groups is 1. The minimum atomic E-state index is -0.671. The molecule has 0 fully saturated rings. The molecule has 1 amide bonds. The fourth-order valence-corrected chi connectivity index (χ4v) is 2.78. The minimum Gasteiger partial charge on any atom is -0.508 e. The highest BCUT2D eigenvalue weighted by Gasteiger charge is 2.14. The summed E-state index contributed by atoms with van der Waals surface area (Å²) in [5.41, 5.74) is -0.306. The molecule has 24 heavy (non-hydrogen) atoms. The second kappa shape index (κ2) is 8.30. The Morgan fingerprint density at radius 3 is 2.62 bits per heavy atom. The van der Waals surface area contributed by atoms with Crippen molar-refractivity contribution in [2.45, 2.75) is 11.3 Å². The summed E-state index contributed by atoms with van der Waals surface area (Å²) >= 11 is 1.54. The van der Waals surface area contributed by atoms with E-state index in [-0.39, 0.29) is 22.8 Å². The van der Waals surface area contributed by atoms with Gasteiger partial charge in [0, 0.05) is 23.1 Å². The van der Waals surface area contributed by atoms with Crippen molar-refractivity contribution >= 4 is 23.4 Å². The quantitative estimate of drug-likeness (QED) is 0.346. The maximum Gasteiger partial charge on any atom is 0.273 e. The number of nitro benzene ring substituents is 1. The first-order valence-corrected chi connectivity index (χ1v) is 8.09. The standard InChI is InChI=1S/C16H15FN2O4S/c17-12-2-4-15(5-3-12)24-7-1-6-18-16(21)11-8-13(19(22)23)10-14(20)9-11/h2-5,8-10,20H,1,6-7H2,(H,18,21). The summed E-state index contributed by atoms with van der Waals surface area (Å²) in [5.74, 6) is -0.375. The molecule has 0 aliphatic heterocycles. The number of carbonyl (C=O) groups excluding carboxylic acids is 1. The number of hydrogen-bond donors (Lipinski definition) is 2. The van der Waals surface area contributed by atoms with Crippen LogP contribution in [0.25, 0.3) is 0 Å². The van der Waals surface area contributed by atoms with Gasteiger partial charge in [0.2, 0.25) is 0 Å². The van der Waals surface area contributed by atoms with Crippen LogP contribution < -0.4 is 5.32 Å². The average molecular weight is 350 g/mol. The van der Waals surface area contributed by atoms with Crippen LogP contribution >= 0.6 is 11.8 Å². The molecule has 8 heteroatoms. The average Bonchev–Trinajstić information content (AvgIpc) is 2.55. The SMILES string of the molecule is O=C(NCCCSc1ccc(F)cc1)c1cc(O)cc([N+](=O)[O-])c1. The van der Waals surface area contributed by atoms with Gasteiger partial charge in [-0.05, 0) is 42.5 Å². The first-order chi connectivity index (χ1) is 11.5. The van der Waals surface area contributed by atoms with Crippen LogP contribution in [0.15, 0.2) is 47.4 Å². The van der Waals surface area contributed by atoms with E-state index >= 15 is 0 Å². The monoisotopic (exact) mass is 350 g/mol. The first-order valence-electron chi connectivity index (χ1n) is 7.11. The summed E-state index contributed by atoms with van der Waals surface area (Å²) in [6, 6.07) is 9.42. The maximum absolute atomic E-state index is 12.8. The summed E-state index contributed by atoms with van der Waals surface area (Å²) in [6.45, 7) is 0.385. The Labute approximate surface area is 141 Å². The highest BCUT2D eigenvalue weighted by atomic mass is 32.2. The van der Waals surface area contributed by atoms with Crippen LogP contribution in [-0.2, 0) is 0 Å². The molecule has 0 spiro atoms. The number of benzene rings is 2. The molecule has 0 saturated carbocycles. The summed E-state index contributed by atoms with van der Waals surface area (Å²) < 4.78 is 12.8. The van der Waals surface area contributed by atoms with E-state index in [1.54, 1.807) is 12.1 Å². The molecule has 0 bridgehead atoms. The number of phenolic OH excluding ortho intramolecular Hbond substituents is 1. The van der Waals surface area contributed by atoms with Crippen molar-refractivity contribution < 1.29 is 19.2 Å². The third-order valence-electron chi connectivity index (χ3n) is 3.06. The van der Waals surface area contributed by atoms with Gasteiger partial charge < -0.3 is 10.4 Å². The summed E-state index contributed by atoms with van der Waals surface area (Å²) in [5, 5.41) is 22.8. The highest BCUT2D eigenvalue weighted by Crippen LogP contribution is 2.21. The van der Waals surface area contributed by atoms with Gasteiger partial charge in [0.05, 0.1) is 11.0 Å². The lowest BCUT2D eigenvalue weighted by Gasteiger charge is -2.06. The third kappa shape index (κ3) is 5.24. The van der Waals surface area contributed by atoms with Gasteiger partial charge in [-0.3, -0.25) is 14.9 Å². The van der Waals surface area contributed by atoms with Crippen molar-refractivity contribution in [3.8, 4) is 5.75 Å². The number of hydrogen-bond acceptors (Lipinski definition) is 5. The molecule has 2 aromatic carbocycles. The van der Waals surface area contributed by atoms with Crippen LogP contribution in [-0.4, -0.2) is 28.2 Å². The molecule has 2 aromatic rings. The molecule has 6 nitrogen and oxygen atoms in total. The van der Waals surface area contributed by atoms with E-state index in [4.69, 9.17) is 0 Å². The molecule has 0 unspecified atom stereocenters. The number of nitrogens with zero attached hydrogens (tertiary/aromatic N) is 1. The van der Waals surface area contributed by atoms with Crippen molar-refractivity contribution in [3.05, 3.63) is 64.0 Å². The lowest BCUT2D eigenvalue weighted by atomic mass is 10.1. The number of rotatable bonds is 7. The van der Waals surface area contributed by atoms with E-state index in [1.165, 1.54) is 30.0 Å². The summed E-state index contributed by atoms with van der Waals surface area (Å²) in [4.78, 5) is 22.9. The molecule has 0 saturated heterocycles. The number of non-ortho nitro benzene ring substituents is 1. The largest absolute Gasteiger partial charge is 0.508 e. The Morgan fingerprint density at radius 1 is 1.25 bits per heavy atom. The molecule has 0 aliphatic rings. The topological polar surface area (TPSA) is 92.5 Å². The van der Waals surface area contributed by atoms with Gasteiger partial charge in [-0.15, -0.1) is 11.8 Å². The molecule has 0 aromatic heterocycles. The van der Waals surface area contributed by atoms with Crippen LogP contribution in [0.2, 0.25) is 0 Å². The van der Waals surface area contributed by atoms with E-state index in [2.05, 4.69) is 5.32 Å². The predicted octanol–water partition coefficient (Wildman–Crippen LogP) is 3.35. The van der Waals surface area contributed by atoms with E-state index in [1.807, 2.05) is 0 Å². The number of aromatic hydroxyl groups is 1. The number of nitrogens with one attached hydrogen (secondary N) is 1. The lowest BCUT2D eigenvalue weighted by Crippen LogP contribution is -2.24. The molecule has 0 aliphatic carbocycles. The van der Waals surface area contributed by atoms with E-state index in [0.717, 1.165) is 22.8 Å². The zero-order valence-electron chi connectivity index (χ0n) is 12.6. The highest BCUT2D eigenvalue weighted by molar-refractivity contribution is 7.99. The van der Waals surface area contributed by atoms with E-state index in [9.17, 15) is 24.4 Å². The molecular weight excluding hydrogens is 335 g/mol. The Hall–Kier alpha value is -2.61. The van der Waals surface area contributed by atoms with Crippen molar-refractivity contribution in [2.24, 2.45) is 0 Å². The molecule has 2 N–H and O–H groups in total. The van der Waals surface area contributed by atoms with Gasteiger partial charge in [-0.1, -0.05) is 0 Å². The molecule has 126 valence electrons. The van der Waals surface area contributed by atoms with Gasteiger partial charge in [-0.25, -0.2) is 4.39 Å². The van der Waals surface area contributed by atoms with Gasteiger partial charge in [0.25, 0.3) is 11.6 Å². The molecular formula is C16H15FN2O4S. The van der Waals surface area contributed by atoms with Crippen molar-refractivity contribution in [1.82, 2.24) is 5.32 Å². The number of amides is 1. The minimum absolute atomic E-state index is 0.0351. The molecule has 0 atom stereocenters. The first kappa shape index (κ1) is 17.7. The number of thioether (sulfide) groups is 1. The Balaban J connectivity index is 1.79. The van der Waals surface area contributed by atoms with Crippen LogP contribution in [0, 0.1) is 15.9 Å². The van der Waals surface area contributed by atoms with Crippen LogP contribution in [0.3, 0.4) is 0 Å². The number of phenols is 1. The summed E-state index contributed by atoms with van der Waals surface area (Å²) in [7, 11) is 0. The number of halogens is 1. The van der Waals surface area contributed by atoms with Crippen molar-refractivity contribution in [2.75, 3.05) is 12.3 Å². The van der Waals surface area contributed by atoms with Gasteiger partial charge >= 0.3 is 0 Å². The molecule has 2 rings (SSSR count). The Kier molecular flexibility index (Phi) is 6.14. The second-order valence-electron chi connectivity index (χ2n) is 4.91. The fourth-order valence-electron chi connectivity index (χ4n) is 1.93.